The van der Waals surface area contributed by atoms with E-state index in [4.69, 9.17) is 21.1 Å². The minimum atomic E-state index is -0.557. The lowest BCUT2D eigenvalue weighted by molar-refractivity contribution is 0.150. The van der Waals surface area contributed by atoms with E-state index in [1.165, 1.54) is 5.56 Å². The maximum Gasteiger partial charge on any atom is 0.161 e. The molecule has 128 valence electrons. The third-order valence-corrected chi connectivity index (χ3v) is 4.77. The molecular formula is C19H22ClNO3. The van der Waals surface area contributed by atoms with E-state index < -0.39 is 6.10 Å². The van der Waals surface area contributed by atoms with E-state index in [0.29, 0.717) is 17.2 Å². The van der Waals surface area contributed by atoms with Crippen LogP contribution in [0.4, 0.5) is 0 Å². The number of halogens is 1. The summed E-state index contributed by atoms with van der Waals surface area (Å²) < 4.78 is 10.8. The van der Waals surface area contributed by atoms with Crippen molar-refractivity contribution in [1.29, 1.82) is 0 Å². The Morgan fingerprint density at radius 2 is 1.83 bits per heavy atom. The summed E-state index contributed by atoms with van der Waals surface area (Å²) in [5.41, 5.74) is 3.26. The van der Waals surface area contributed by atoms with Gasteiger partial charge in [-0.3, -0.25) is 0 Å². The molecule has 3 rings (SSSR count). The maximum atomic E-state index is 10.6. The number of aliphatic hydroxyl groups excluding tert-OH is 1. The average molecular weight is 348 g/mol. The first-order chi connectivity index (χ1) is 11.6. The van der Waals surface area contributed by atoms with Crippen molar-refractivity contribution >= 4 is 11.6 Å². The molecule has 0 amide bonds. The number of rotatable bonds is 5. The van der Waals surface area contributed by atoms with Crippen LogP contribution >= 0.6 is 11.6 Å². The molecule has 0 saturated carbocycles. The monoisotopic (exact) mass is 347 g/mol. The summed E-state index contributed by atoms with van der Waals surface area (Å²) in [6, 6.07) is 11.5. The Balaban J connectivity index is 1.84. The molecule has 0 bridgehead atoms. The summed E-state index contributed by atoms with van der Waals surface area (Å²) in [5, 5.41) is 14.7. The quantitative estimate of drug-likeness (QED) is 0.866. The minimum Gasteiger partial charge on any atom is -0.493 e. The third kappa shape index (κ3) is 3.51. The van der Waals surface area contributed by atoms with E-state index in [-0.39, 0.29) is 6.04 Å². The van der Waals surface area contributed by atoms with Crippen molar-refractivity contribution in [2.24, 2.45) is 0 Å². The van der Waals surface area contributed by atoms with Gasteiger partial charge >= 0.3 is 0 Å². The Labute approximate surface area is 147 Å². The van der Waals surface area contributed by atoms with Crippen LogP contribution in [0, 0.1) is 0 Å². The normalized spacial score (nSPS) is 17.9. The number of methoxy groups -OCH3 is 2. The Morgan fingerprint density at radius 3 is 2.50 bits per heavy atom. The van der Waals surface area contributed by atoms with Crippen molar-refractivity contribution in [3.8, 4) is 11.5 Å². The number of aliphatic hydroxyl groups is 1. The minimum absolute atomic E-state index is 0.0687. The number of benzene rings is 2. The molecule has 0 radical (unpaired) electrons. The van der Waals surface area contributed by atoms with Gasteiger partial charge in [0.15, 0.2) is 11.5 Å². The highest BCUT2D eigenvalue weighted by molar-refractivity contribution is 6.30. The van der Waals surface area contributed by atoms with Crippen LogP contribution in [0.25, 0.3) is 0 Å². The van der Waals surface area contributed by atoms with Crippen LogP contribution in [0.15, 0.2) is 36.4 Å². The summed E-state index contributed by atoms with van der Waals surface area (Å²) in [7, 11) is 3.28. The smallest absolute Gasteiger partial charge is 0.161 e. The highest BCUT2D eigenvalue weighted by Gasteiger charge is 2.25. The van der Waals surface area contributed by atoms with Gasteiger partial charge in [-0.25, -0.2) is 0 Å². The van der Waals surface area contributed by atoms with Gasteiger partial charge in [-0.05, 0) is 60.3 Å². The van der Waals surface area contributed by atoms with Gasteiger partial charge in [0, 0.05) is 11.1 Å². The van der Waals surface area contributed by atoms with Crippen LogP contribution < -0.4 is 14.8 Å². The fourth-order valence-electron chi connectivity index (χ4n) is 3.22. The molecule has 0 unspecified atom stereocenters. The van der Waals surface area contributed by atoms with Gasteiger partial charge in [0.2, 0.25) is 0 Å². The molecule has 1 aliphatic rings. The van der Waals surface area contributed by atoms with Gasteiger partial charge in [0.05, 0.1) is 20.3 Å². The van der Waals surface area contributed by atoms with E-state index in [0.717, 1.165) is 29.8 Å². The average Bonchev–Trinajstić information content (AvgIpc) is 2.61. The molecule has 0 saturated heterocycles. The molecule has 2 aromatic rings. The van der Waals surface area contributed by atoms with Crippen molar-refractivity contribution in [3.05, 3.63) is 58.1 Å². The van der Waals surface area contributed by atoms with Crippen molar-refractivity contribution in [1.82, 2.24) is 5.32 Å². The van der Waals surface area contributed by atoms with E-state index in [1.54, 1.807) is 26.4 Å². The molecule has 1 heterocycles. The third-order valence-electron chi connectivity index (χ3n) is 4.52. The van der Waals surface area contributed by atoms with Gasteiger partial charge in [-0.1, -0.05) is 23.7 Å². The maximum absolute atomic E-state index is 10.6. The second-order valence-electron chi connectivity index (χ2n) is 5.97. The molecule has 4 nitrogen and oxygen atoms in total. The van der Waals surface area contributed by atoms with Gasteiger partial charge < -0.3 is 19.9 Å². The number of hydrogen-bond donors (Lipinski definition) is 2. The zero-order valence-corrected chi connectivity index (χ0v) is 14.6. The van der Waals surface area contributed by atoms with E-state index in [1.807, 2.05) is 24.3 Å². The van der Waals surface area contributed by atoms with Crippen molar-refractivity contribution in [3.63, 3.8) is 0 Å². The van der Waals surface area contributed by atoms with E-state index in [2.05, 4.69) is 5.32 Å². The standard InChI is InChI=1S/C19H22ClNO3/c1-23-18-9-13-7-8-21-16(15(13)10-19(18)24-2)11-17(22)12-3-5-14(20)6-4-12/h3-6,9-10,16-17,21-22H,7-8,11H2,1-2H3/t16-,17-/m1/s1. The molecule has 2 aromatic carbocycles. The number of hydrogen-bond acceptors (Lipinski definition) is 4. The highest BCUT2D eigenvalue weighted by Crippen LogP contribution is 2.38. The Kier molecular flexibility index (Phi) is 5.29. The first kappa shape index (κ1) is 17.1. The lowest BCUT2D eigenvalue weighted by atomic mass is 9.89. The predicted molar refractivity (Wildman–Crippen MR) is 95.0 cm³/mol. The fraction of sp³-hybridized carbons (Fsp3) is 0.368. The number of fused-ring (bicyclic) bond motifs is 1. The molecule has 0 aliphatic carbocycles. The summed E-state index contributed by atoms with van der Waals surface area (Å²) >= 11 is 5.92. The van der Waals surface area contributed by atoms with E-state index >= 15 is 0 Å². The zero-order valence-electron chi connectivity index (χ0n) is 13.9. The summed E-state index contributed by atoms with van der Waals surface area (Å²) in [6.45, 7) is 0.875. The zero-order chi connectivity index (χ0) is 17.1. The molecule has 24 heavy (non-hydrogen) atoms. The van der Waals surface area contributed by atoms with Crippen LogP contribution in [-0.2, 0) is 6.42 Å². The van der Waals surface area contributed by atoms with Crippen LogP contribution in [0.2, 0.25) is 5.02 Å². The summed E-state index contributed by atoms with van der Waals surface area (Å²) in [4.78, 5) is 0. The second-order valence-corrected chi connectivity index (χ2v) is 6.40. The van der Waals surface area contributed by atoms with Gasteiger partial charge in [-0.15, -0.1) is 0 Å². The van der Waals surface area contributed by atoms with Gasteiger partial charge in [0.1, 0.15) is 0 Å². The predicted octanol–water partition coefficient (Wildman–Crippen LogP) is 3.67. The first-order valence-electron chi connectivity index (χ1n) is 8.04. The largest absolute Gasteiger partial charge is 0.493 e. The Morgan fingerprint density at radius 1 is 1.17 bits per heavy atom. The fourth-order valence-corrected chi connectivity index (χ4v) is 3.35. The van der Waals surface area contributed by atoms with Crippen molar-refractivity contribution in [2.45, 2.75) is 25.0 Å². The van der Waals surface area contributed by atoms with Crippen LogP contribution in [0.1, 0.15) is 35.3 Å². The Hall–Kier alpha value is -1.75. The molecule has 2 atom stereocenters. The van der Waals surface area contributed by atoms with Crippen molar-refractivity contribution < 1.29 is 14.6 Å². The summed E-state index contributed by atoms with van der Waals surface area (Å²) in [5.74, 6) is 1.46. The molecule has 2 N–H and O–H groups in total. The van der Waals surface area contributed by atoms with Gasteiger partial charge in [-0.2, -0.15) is 0 Å². The molecular weight excluding hydrogens is 326 g/mol. The molecule has 0 fully saturated rings. The highest BCUT2D eigenvalue weighted by atomic mass is 35.5. The Bertz CT molecular complexity index is 703. The number of ether oxygens (including phenoxy) is 2. The number of nitrogens with one attached hydrogen (secondary N) is 1. The van der Waals surface area contributed by atoms with Crippen LogP contribution in [0.5, 0.6) is 11.5 Å². The second kappa shape index (κ2) is 7.43. The molecule has 5 heteroatoms. The van der Waals surface area contributed by atoms with Gasteiger partial charge in [0.25, 0.3) is 0 Å². The van der Waals surface area contributed by atoms with Crippen molar-refractivity contribution in [2.75, 3.05) is 20.8 Å². The summed E-state index contributed by atoms with van der Waals surface area (Å²) in [6.07, 6.45) is 0.965. The SMILES string of the molecule is COc1cc2c(cc1OC)[C@@H](C[C@@H](O)c1ccc(Cl)cc1)NCC2. The van der Waals surface area contributed by atoms with E-state index in [9.17, 15) is 5.11 Å². The lowest BCUT2D eigenvalue weighted by Gasteiger charge is -2.29. The molecule has 0 spiro atoms. The van der Waals surface area contributed by atoms with Crippen LogP contribution in [0.3, 0.4) is 0 Å². The first-order valence-corrected chi connectivity index (χ1v) is 8.42. The van der Waals surface area contributed by atoms with Crippen LogP contribution in [-0.4, -0.2) is 25.9 Å². The molecule has 0 aromatic heterocycles. The lowest BCUT2D eigenvalue weighted by Crippen LogP contribution is -2.31. The molecule has 1 aliphatic heterocycles. The topological polar surface area (TPSA) is 50.7 Å².